The summed E-state index contributed by atoms with van der Waals surface area (Å²) in [6.45, 7) is 8.38. The molecule has 0 bridgehead atoms. The lowest BCUT2D eigenvalue weighted by Crippen LogP contribution is -2.31. The predicted molar refractivity (Wildman–Crippen MR) is 144 cm³/mol. The van der Waals surface area contributed by atoms with Gasteiger partial charge in [-0.05, 0) is 59.5 Å². The highest BCUT2D eigenvalue weighted by atomic mass is 16.5. The van der Waals surface area contributed by atoms with Crippen LogP contribution < -0.4 is 4.74 Å². The lowest BCUT2D eigenvalue weighted by molar-refractivity contribution is 0.269. The maximum absolute atomic E-state index is 6.34. The van der Waals surface area contributed by atoms with Crippen LogP contribution >= 0.6 is 0 Å². The van der Waals surface area contributed by atoms with Crippen LogP contribution in [0.2, 0.25) is 0 Å². The molecule has 5 rings (SSSR count). The second-order valence-electron chi connectivity index (χ2n) is 9.48. The highest BCUT2D eigenvalue weighted by molar-refractivity contribution is 6.09. The van der Waals surface area contributed by atoms with Crippen LogP contribution in [0.4, 0.5) is 0 Å². The Bertz CT molecular complexity index is 1280. The lowest BCUT2D eigenvalue weighted by atomic mass is 9.89. The van der Waals surface area contributed by atoms with E-state index in [1.165, 1.54) is 53.0 Å². The summed E-state index contributed by atoms with van der Waals surface area (Å²) in [6, 6.07) is 21.6. The van der Waals surface area contributed by atoms with Crippen LogP contribution in [0.1, 0.15) is 57.1 Å². The maximum atomic E-state index is 6.34. The summed E-state index contributed by atoms with van der Waals surface area (Å²) >= 11 is 0. The van der Waals surface area contributed by atoms with Gasteiger partial charge in [0.05, 0.1) is 17.8 Å². The number of ether oxygens (including phenoxy) is 1. The molecular weight excluding hydrogens is 416 g/mol. The molecule has 3 heteroatoms. The number of para-hydroxylation sites is 1. The Morgan fingerprint density at radius 2 is 1.68 bits per heavy atom. The van der Waals surface area contributed by atoms with Crippen molar-refractivity contribution >= 4 is 21.7 Å². The molecule has 0 N–H and O–H groups in total. The van der Waals surface area contributed by atoms with Crippen molar-refractivity contribution in [3.05, 3.63) is 71.8 Å². The molecule has 0 saturated heterocycles. The summed E-state index contributed by atoms with van der Waals surface area (Å²) in [4.78, 5) is 7.83. The van der Waals surface area contributed by atoms with Crippen LogP contribution in [0.3, 0.4) is 0 Å². The van der Waals surface area contributed by atoms with E-state index in [0.717, 1.165) is 61.6 Å². The molecule has 4 aromatic rings. The molecule has 0 spiro atoms. The van der Waals surface area contributed by atoms with E-state index in [4.69, 9.17) is 9.72 Å². The van der Waals surface area contributed by atoms with Gasteiger partial charge in [0.2, 0.25) is 0 Å². The minimum atomic E-state index is 0.766. The summed E-state index contributed by atoms with van der Waals surface area (Å²) in [5, 5.41) is 3.94. The van der Waals surface area contributed by atoms with E-state index < -0.39 is 0 Å². The number of nitrogens with zero attached hydrogens (tertiary/aromatic N) is 2. The number of hydrogen-bond acceptors (Lipinski definition) is 3. The van der Waals surface area contributed by atoms with Crippen LogP contribution in [-0.2, 0) is 13.0 Å². The number of hydrogen-bond donors (Lipinski definition) is 0. The van der Waals surface area contributed by atoms with E-state index >= 15 is 0 Å². The summed E-state index contributed by atoms with van der Waals surface area (Å²) in [5.41, 5.74) is 6.15. The van der Waals surface area contributed by atoms with Gasteiger partial charge in [0.1, 0.15) is 5.75 Å². The summed E-state index contributed by atoms with van der Waals surface area (Å²) in [6.07, 6.45) is 7.27. The average Bonchev–Trinajstić information content (AvgIpc) is 2.89. The number of likely N-dealkylation sites (N-methyl/N-ethyl adjacent to an activating group) is 1. The number of pyridine rings is 1. The van der Waals surface area contributed by atoms with Crippen molar-refractivity contribution in [2.75, 3.05) is 19.7 Å². The van der Waals surface area contributed by atoms with Crippen LogP contribution in [0.25, 0.3) is 32.9 Å². The molecule has 0 amide bonds. The minimum absolute atomic E-state index is 0.766. The first kappa shape index (κ1) is 22.9. The van der Waals surface area contributed by atoms with Gasteiger partial charge in [-0.2, -0.15) is 0 Å². The minimum Gasteiger partial charge on any atom is -0.493 e. The largest absolute Gasteiger partial charge is 0.493 e. The van der Waals surface area contributed by atoms with Gasteiger partial charge in [-0.15, -0.1) is 0 Å². The summed E-state index contributed by atoms with van der Waals surface area (Å²) in [5.74, 6) is 0.960. The molecule has 1 aromatic heterocycles. The van der Waals surface area contributed by atoms with Crippen LogP contribution in [0, 0.1) is 0 Å². The third kappa shape index (κ3) is 4.54. The zero-order chi connectivity index (χ0) is 23.3. The van der Waals surface area contributed by atoms with Gasteiger partial charge in [0, 0.05) is 24.0 Å². The Morgan fingerprint density at radius 1 is 0.853 bits per heavy atom. The van der Waals surface area contributed by atoms with E-state index in [0.29, 0.717) is 0 Å². The molecule has 1 aliphatic rings. The molecule has 0 saturated carbocycles. The van der Waals surface area contributed by atoms with Crippen molar-refractivity contribution in [3.63, 3.8) is 0 Å². The van der Waals surface area contributed by atoms with Crippen molar-refractivity contribution in [1.29, 1.82) is 0 Å². The zero-order valence-electron chi connectivity index (χ0n) is 20.6. The van der Waals surface area contributed by atoms with Crippen molar-refractivity contribution in [2.45, 2.75) is 58.9 Å². The number of rotatable bonds is 9. The maximum Gasteiger partial charge on any atom is 0.128 e. The van der Waals surface area contributed by atoms with Crippen molar-refractivity contribution in [3.8, 4) is 17.0 Å². The highest BCUT2D eigenvalue weighted by Crippen LogP contribution is 2.40. The SMILES string of the molecule is CCCCCCCOc1ccccc1-c1nc2ccc3ccccc3c2c2c1CN(CC)CC2. The molecule has 3 nitrogen and oxygen atoms in total. The first-order valence-corrected chi connectivity index (χ1v) is 13.1. The van der Waals surface area contributed by atoms with Gasteiger partial charge >= 0.3 is 0 Å². The molecule has 0 unspecified atom stereocenters. The highest BCUT2D eigenvalue weighted by Gasteiger charge is 2.25. The monoisotopic (exact) mass is 452 g/mol. The molecule has 0 fully saturated rings. The van der Waals surface area contributed by atoms with E-state index in [1.807, 2.05) is 0 Å². The van der Waals surface area contributed by atoms with Crippen molar-refractivity contribution in [2.24, 2.45) is 0 Å². The Hall–Kier alpha value is -2.91. The normalized spacial score (nSPS) is 13.9. The average molecular weight is 453 g/mol. The molecule has 34 heavy (non-hydrogen) atoms. The molecule has 176 valence electrons. The lowest BCUT2D eigenvalue weighted by Gasteiger charge is -2.30. The zero-order valence-corrected chi connectivity index (χ0v) is 20.6. The van der Waals surface area contributed by atoms with Crippen molar-refractivity contribution in [1.82, 2.24) is 9.88 Å². The van der Waals surface area contributed by atoms with Gasteiger partial charge in [0.15, 0.2) is 0 Å². The molecule has 0 aliphatic carbocycles. The Labute approximate surface area is 203 Å². The van der Waals surface area contributed by atoms with Gasteiger partial charge in [-0.3, -0.25) is 4.90 Å². The van der Waals surface area contributed by atoms with Gasteiger partial charge in [-0.1, -0.05) is 82.0 Å². The Kier molecular flexibility index (Phi) is 7.10. The quantitative estimate of drug-likeness (QED) is 0.191. The van der Waals surface area contributed by atoms with E-state index in [1.54, 1.807) is 0 Å². The van der Waals surface area contributed by atoms with E-state index in [-0.39, 0.29) is 0 Å². The summed E-state index contributed by atoms with van der Waals surface area (Å²) in [7, 11) is 0. The van der Waals surface area contributed by atoms with E-state index in [9.17, 15) is 0 Å². The number of aromatic nitrogens is 1. The number of unbranched alkanes of at least 4 members (excludes halogenated alkanes) is 4. The van der Waals surface area contributed by atoms with Crippen LogP contribution in [-0.4, -0.2) is 29.6 Å². The molecule has 0 atom stereocenters. The summed E-state index contributed by atoms with van der Waals surface area (Å²) < 4.78 is 6.34. The second-order valence-corrected chi connectivity index (χ2v) is 9.48. The smallest absolute Gasteiger partial charge is 0.128 e. The standard InChI is InChI=1S/C31H36N2O/c1-3-5-6-7-12-21-34-29-16-11-10-15-26(29)31-27-22-33(4-2)20-19-25(27)30-24-14-9-8-13-23(24)17-18-28(30)32-31/h8-11,13-18H,3-7,12,19-22H2,1-2H3. The third-order valence-corrected chi connectivity index (χ3v) is 7.25. The fourth-order valence-corrected chi connectivity index (χ4v) is 5.34. The second kappa shape index (κ2) is 10.6. The van der Waals surface area contributed by atoms with Crippen LogP contribution in [0.15, 0.2) is 60.7 Å². The van der Waals surface area contributed by atoms with Gasteiger partial charge in [0.25, 0.3) is 0 Å². The fourth-order valence-electron chi connectivity index (χ4n) is 5.34. The third-order valence-electron chi connectivity index (χ3n) is 7.25. The van der Waals surface area contributed by atoms with E-state index in [2.05, 4.69) is 79.4 Å². The first-order chi connectivity index (χ1) is 16.8. The Balaban J connectivity index is 1.59. The van der Waals surface area contributed by atoms with Gasteiger partial charge < -0.3 is 4.74 Å². The molecule has 2 heterocycles. The number of fused-ring (bicyclic) bond motifs is 5. The van der Waals surface area contributed by atoms with Crippen LogP contribution in [0.5, 0.6) is 5.75 Å². The van der Waals surface area contributed by atoms with Crippen molar-refractivity contribution < 1.29 is 4.74 Å². The molecule has 3 aromatic carbocycles. The molecule has 0 radical (unpaired) electrons. The molecule has 1 aliphatic heterocycles. The fraction of sp³-hybridized carbons (Fsp3) is 0.387. The van der Waals surface area contributed by atoms with Gasteiger partial charge in [-0.25, -0.2) is 4.98 Å². The number of benzene rings is 3. The topological polar surface area (TPSA) is 25.4 Å². The Morgan fingerprint density at radius 3 is 2.56 bits per heavy atom. The first-order valence-electron chi connectivity index (χ1n) is 13.1. The molecular formula is C31H36N2O. The predicted octanol–water partition coefficient (Wildman–Crippen LogP) is 7.78.